The maximum atomic E-state index is 12.4. The number of nitrogens with zero attached hydrogens (tertiary/aromatic N) is 6. The van der Waals surface area contributed by atoms with Crippen LogP contribution >= 0.6 is 23.2 Å². The van der Waals surface area contributed by atoms with Gasteiger partial charge in [0.25, 0.3) is 5.91 Å². The molecule has 0 unspecified atom stereocenters. The fraction of sp³-hybridized carbons (Fsp3) is 0.0769. The molecule has 3 aromatic rings. The van der Waals surface area contributed by atoms with Crippen LogP contribution in [0.15, 0.2) is 27.9 Å². The van der Waals surface area contributed by atoms with E-state index < -0.39 is 5.91 Å². The van der Waals surface area contributed by atoms with Crippen LogP contribution in [0, 0.1) is 6.92 Å². The largest absolute Gasteiger partial charge is 0.378 e. The highest BCUT2D eigenvalue weighted by Gasteiger charge is 2.22. The predicted octanol–water partition coefficient (Wildman–Crippen LogP) is 1.61. The van der Waals surface area contributed by atoms with Gasteiger partial charge in [0.1, 0.15) is 0 Å². The quantitative estimate of drug-likeness (QED) is 0.517. The maximum absolute atomic E-state index is 12.4. The Hall–Kier alpha value is -2.98. The van der Waals surface area contributed by atoms with Gasteiger partial charge in [-0.25, -0.2) is 10.1 Å². The molecule has 12 heteroatoms. The van der Waals surface area contributed by atoms with Crippen molar-refractivity contribution in [3.8, 4) is 5.82 Å². The van der Waals surface area contributed by atoms with Crippen LogP contribution < -0.4 is 11.2 Å². The third-order valence-electron chi connectivity index (χ3n) is 3.07. The molecule has 10 nitrogen and oxygen atoms in total. The molecule has 2 aromatic heterocycles. The zero-order chi connectivity index (χ0) is 18.0. The van der Waals surface area contributed by atoms with Crippen molar-refractivity contribution in [2.45, 2.75) is 6.92 Å². The topological polar surface area (TPSA) is 137 Å². The average molecular weight is 381 g/mol. The number of rotatable bonds is 4. The Bertz CT molecular complexity index is 965. The van der Waals surface area contributed by atoms with Gasteiger partial charge in [-0.05, 0) is 34.9 Å². The Morgan fingerprint density at radius 3 is 2.84 bits per heavy atom. The first-order chi connectivity index (χ1) is 12.0. The van der Waals surface area contributed by atoms with Crippen molar-refractivity contribution < 1.29 is 9.42 Å². The monoisotopic (exact) mass is 380 g/mol. The number of carbonyl (C=O) groups is 1. The van der Waals surface area contributed by atoms with Gasteiger partial charge in [-0.3, -0.25) is 4.79 Å². The van der Waals surface area contributed by atoms with Crippen LogP contribution in [0.25, 0.3) is 5.82 Å². The Labute approximate surface area is 150 Å². The van der Waals surface area contributed by atoms with Crippen LogP contribution in [0.5, 0.6) is 0 Å². The van der Waals surface area contributed by atoms with Crippen LogP contribution in [0.4, 0.5) is 5.82 Å². The normalized spacial score (nSPS) is 11.2. The first-order valence-corrected chi connectivity index (χ1v) is 7.52. The SMILES string of the molecule is Cc1nnn(-c2nonc2N)c1C(=O)N/N=C/c1ccc(Cl)c(Cl)c1. The molecule has 25 heavy (non-hydrogen) atoms. The maximum Gasteiger partial charge on any atom is 0.292 e. The van der Waals surface area contributed by atoms with E-state index in [0.29, 0.717) is 21.3 Å². The van der Waals surface area contributed by atoms with Gasteiger partial charge in [0.2, 0.25) is 11.6 Å². The fourth-order valence-corrected chi connectivity index (χ4v) is 2.22. The van der Waals surface area contributed by atoms with Crippen LogP contribution in [0.3, 0.4) is 0 Å². The van der Waals surface area contributed by atoms with Gasteiger partial charge in [0, 0.05) is 0 Å². The Kier molecular flexibility index (Phi) is 4.63. The Morgan fingerprint density at radius 1 is 1.36 bits per heavy atom. The second-order valence-electron chi connectivity index (χ2n) is 4.78. The molecule has 0 aliphatic rings. The van der Waals surface area contributed by atoms with Crippen LogP contribution in [-0.4, -0.2) is 37.4 Å². The van der Waals surface area contributed by atoms with Crippen molar-refractivity contribution >= 4 is 41.1 Å². The molecule has 0 saturated heterocycles. The number of aromatic nitrogens is 5. The van der Waals surface area contributed by atoms with E-state index in [9.17, 15) is 4.79 Å². The lowest BCUT2D eigenvalue weighted by Gasteiger charge is -2.02. The number of nitrogens with two attached hydrogens (primary N) is 1. The predicted molar refractivity (Wildman–Crippen MR) is 89.9 cm³/mol. The number of hydrogen-bond donors (Lipinski definition) is 2. The summed E-state index contributed by atoms with van der Waals surface area (Å²) in [6.07, 6.45) is 1.41. The molecule has 0 fully saturated rings. The molecule has 1 aromatic carbocycles. The lowest BCUT2D eigenvalue weighted by molar-refractivity contribution is 0.0946. The Morgan fingerprint density at radius 2 is 2.16 bits per heavy atom. The van der Waals surface area contributed by atoms with Crippen molar-refractivity contribution in [2.75, 3.05) is 5.73 Å². The first-order valence-electron chi connectivity index (χ1n) is 6.76. The van der Waals surface area contributed by atoms with Gasteiger partial charge in [0.15, 0.2) is 5.69 Å². The number of anilines is 1. The molecule has 2 heterocycles. The van der Waals surface area contributed by atoms with Crippen molar-refractivity contribution in [2.24, 2.45) is 5.10 Å². The summed E-state index contributed by atoms with van der Waals surface area (Å²) in [6.45, 7) is 1.60. The van der Waals surface area contributed by atoms with Gasteiger partial charge in [-0.1, -0.05) is 34.5 Å². The standard InChI is InChI=1S/C13H10Cl2N8O2/c1-6-10(23(22-18-6)12-11(16)20-25-21-12)13(24)19-17-5-7-2-3-8(14)9(15)4-7/h2-5H,1H3,(H2,16,20)(H,19,24)/b17-5+. The molecule has 0 aliphatic heterocycles. The van der Waals surface area contributed by atoms with Crippen LogP contribution in [-0.2, 0) is 0 Å². The van der Waals surface area contributed by atoms with Crippen molar-refractivity contribution in [3.63, 3.8) is 0 Å². The third-order valence-corrected chi connectivity index (χ3v) is 3.81. The summed E-state index contributed by atoms with van der Waals surface area (Å²) in [4.78, 5) is 12.4. The average Bonchev–Trinajstić information content (AvgIpc) is 3.16. The highest BCUT2D eigenvalue weighted by Crippen LogP contribution is 2.21. The van der Waals surface area contributed by atoms with E-state index in [4.69, 9.17) is 28.9 Å². The number of amides is 1. The molecule has 3 rings (SSSR count). The summed E-state index contributed by atoms with van der Waals surface area (Å²) in [5.74, 6) is -0.543. The number of halogens is 2. The van der Waals surface area contributed by atoms with Gasteiger partial charge < -0.3 is 5.73 Å². The summed E-state index contributed by atoms with van der Waals surface area (Å²) in [6, 6.07) is 4.93. The number of nitrogen functional groups attached to an aromatic ring is 1. The molecular formula is C13H10Cl2N8O2. The van der Waals surface area contributed by atoms with E-state index in [2.05, 4.69) is 35.8 Å². The van der Waals surface area contributed by atoms with E-state index in [-0.39, 0.29) is 17.3 Å². The smallest absolute Gasteiger partial charge is 0.292 e. The number of aryl methyl sites for hydroxylation is 1. The number of hydrazone groups is 1. The lowest BCUT2D eigenvalue weighted by atomic mass is 10.2. The molecular weight excluding hydrogens is 371 g/mol. The van der Waals surface area contributed by atoms with Crippen molar-refractivity contribution in [1.82, 2.24) is 30.7 Å². The van der Waals surface area contributed by atoms with Crippen molar-refractivity contribution in [3.05, 3.63) is 45.2 Å². The molecule has 0 aliphatic carbocycles. The van der Waals surface area contributed by atoms with E-state index >= 15 is 0 Å². The minimum atomic E-state index is -0.568. The Balaban J connectivity index is 1.80. The molecule has 0 bridgehead atoms. The van der Waals surface area contributed by atoms with E-state index in [1.165, 1.54) is 6.21 Å². The number of hydrogen-bond acceptors (Lipinski definition) is 8. The molecule has 0 radical (unpaired) electrons. The zero-order valence-corrected chi connectivity index (χ0v) is 14.2. The van der Waals surface area contributed by atoms with Gasteiger partial charge in [-0.2, -0.15) is 9.78 Å². The molecule has 0 spiro atoms. The number of carbonyl (C=O) groups excluding carboxylic acids is 1. The third kappa shape index (κ3) is 3.44. The van der Waals surface area contributed by atoms with Crippen molar-refractivity contribution in [1.29, 1.82) is 0 Å². The number of benzene rings is 1. The molecule has 128 valence electrons. The number of nitrogens with one attached hydrogen (secondary N) is 1. The summed E-state index contributed by atoms with van der Waals surface area (Å²) in [5.41, 5.74) is 9.08. The fourth-order valence-electron chi connectivity index (χ4n) is 1.91. The summed E-state index contributed by atoms with van der Waals surface area (Å²) in [5, 5.41) is 19.3. The second-order valence-corrected chi connectivity index (χ2v) is 5.60. The van der Waals surface area contributed by atoms with E-state index in [1.54, 1.807) is 25.1 Å². The second kappa shape index (κ2) is 6.87. The van der Waals surface area contributed by atoms with Gasteiger partial charge >= 0.3 is 0 Å². The molecule has 0 atom stereocenters. The van der Waals surface area contributed by atoms with E-state index in [1.807, 2.05) is 0 Å². The highest BCUT2D eigenvalue weighted by atomic mass is 35.5. The van der Waals surface area contributed by atoms with E-state index in [0.717, 1.165) is 4.68 Å². The molecule has 0 saturated carbocycles. The summed E-state index contributed by atoms with van der Waals surface area (Å²) >= 11 is 11.8. The van der Waals surface area contributed by atoms with Crippen LogP contribution in [0.1, 0.15) is 21.7 Å². The highest BCUT2D eigenvalue weighted by molar-refractivity contribution is 6.42. The minimum Gasteiger partial charge on any atom is -0.378 e. The van der Waals surface area contributed by atoms with Crippen LogP contribution in [0.2, 0.25) is 10.0 Å². The lowest BCUT2D eigenvalue weighted by Crippen LogP contribution is -2.22. The molecule has 3 N–H and O–H groups in total. The van der Waals surface area contributed by atoms with Gasteiger partial charge in [0.05, 0.1) is 22.0 Å². The zero-order valence-electron chi connectivity index (χ0n) is 12.6. The van der Waals surface area contributed by atoms with Gasteiger partial charge in [-0.15, -0.1) is 5.10 Å². The molecule has 1 amide bonds. The minimum absolute atomic E-state index is 0.0294. The summed E-state index contributed by atoms with van der Waals surface area (Å²) in [7, 11) is 0. The summed E-state index contributed by atoms with van der Waals surface area (Å²) < 4.78 is 5.62. The first kappa shape index (κ1) is 16.9.